The van der Waals surface area contributed by atoms with E-state index in [0.29, 0.717) is 12.5 Å². The number of alkyl halides is 3. The summed E-state index contributed by atoms with van der Waals surface area (Å²) in [5, 5.41) is 24.9. The van der Waals surface area contributed by atoms with Crippen LogP contribution in [0, 0.1) is 11.8 Å². The van der Waals surface area contributed by atoms with Crippen LogP contribution in [-0.2, 0) is 19.9 Å². The fourth-order valence-corrected chi connectivity index (χ4v) is 8.00. The van der Waals surface area contributed by atoms with E-state index in [1.54, 1.807) is 0 Å². The van der Waals surface area contributed by atoms with Crippen LogP contribution in [0.3, 0.4) is 0 Å². The first-order valence-electron chi connectivity index (χ1n) is 15.2. The summed E-state index contributed by atoms with van der Waals surface area (Å²) >= 11 is 1.47. The number of nitrogens with zero attached hydrogens (tertiary/aromatic N) is 1. The number of aliphatic carboxylic acids is 1. The maximum Gasteiger partial charge on any atom is 0.430 e. The highest BCUT2D eigenvalue weighted by Crippen LogP contribution is 2.44. The second-order valence-electron chi connectivity index (χ2n) is 12.2. The minimum absolute atomic E-state index is 0.0471. The van der Waals surface area contributed by atoms with Crippen molar-refractivity contribution < 1.29 is 46.9 Å². The first kappa shape index (κ1) is 32.2. The molecule has 2 bridgehead atoms. The third kappa shape index (κ3) is 7.05. The summed E-state index contributed by atoms with van der Waals surface area (Å²) in [6.45, 7) is 4.86. The number of carbonyl (C=O) groups is 2. The lowest BCUT2D eigenvalue weighted by Gasteiger charge is -2.52. The molecule has 0 spiro atoms. The third-order valence-electron chi connectivity index (χ3n) is 9.47. The van der Waals surface area contributed by atoms with Gasteiger partial charge in [0.2, 0.25) is 0 Å². The van der Waals surface area contributed by atoms with Gasteiger partial charge in [0.15, 0.2) is 11.7 Å². The van der Waals surface area contributed by atoms with E-state index in [9.17, 15) is 23.1 Å². The number of esters is 1. The molecule has 3 saturated heterocycles. The highest BCUT2D eigenvalue weighted by molar-refractivity contribution is 7.10. The van der Waals surface area contributed by atoms with Crippen LogP contribution in [0.4, 0.5) is 13.2 Å². The van der Waals surface area contributed by atoms with E-state index in [1.807, 2.05) is 17.5 Å². The average molecular weight is 634 g/mol. The Hall–Kier alpha value is -3.15. The summed E-state index contributed by atoms with van der Waals surface area (Å²) in [7, 11) is 0. The highest BCUT2D eigenvalue weighted by atomic mass is 32.1. The quantitative estimate of drug-likeness (QED) is 0.198. The largest absolute Gasteiger partial charge is 0.542 e. The summed E-state index contributed by atoms with van der Waals surface area (Å²) in [5.74, 6) is -2.12. The molecule has 0 unspecified atom stereocenters. The Kier molecular flexibility index (Phi) is 9.86. The Morgan fingerprint density at radius 3 is 2.32 bits per heavy atom. The Morgan fingerprint density at radius 2 is 1.66 bits per heavy atom. The van der Waals surface area contributed by atoms with Gasteiger partial charge in [0.1, 0.15) is 18.3 Å². The molecule has 7 rings (SSSR count). The summed E-state index contributed by atoms with van der Waals surface area (Å²) in [6, 6.07) is 18.4. The number of quaternary nitrogens is 1. The van der Waals surface area contributed by atoms with E-state index in [1.165, 1.54) is 16.7 Å². The number of rotatable bonds is 9. The van der Waals surface area contributed by atoms with Crippen molar-refractivity contribution in [2.75, 3.05) is 32.8 Å². The van der Waals surface area contributed by atoms with Crippen LogP contribution in [0.25, 0.3) is 10.8 Å². The fourth-order valence-electron chi connectivity index (χ4n) is 7.11. The highest BCUT2D eigenvalue weighted by Gasteiger charge is 2.53. The lowest BCUT2D eigenvalue weighted by molar-refractivity contribution is -0.946. The maximum absolute atomic E-state index is 13.6. The van der Waals surface area contributed by atoms with Gasteiger partial charge in [0, 0.05) is 41.4 Å². The molecule has 1 aromatic heterocycles. The Balaban J connectivity index is 0.000000493. The van der Waals surface area contributed by atoms with Crippen molar-refractivity contribution in [2.45, 2.75) is 62.8 Å². The predicted molar refractivity (Wildman–Crippen MR) is 158 cm³/mol. The number of carboxylic acids is 1. The van der Waals surface area contributed by atoms with Crippen LogP contribution in [0.15, 0.2) is 60.0 Å². The molecule has 3 aromatic rings. The molecule has 4 aliphatic rings. The molecule has 2 atom stereocenters. The Bertz CT molecular complexity index is 1410. The van der Waals surface area contributed by atoms with E-state index < -0.39 is 23.7 Å². The molecule has 1 N–H and O–H groups in total. The van der Waals surface area contributed by atoms with Crippen molar-refractivity contribution in [1.29, 1.82) is 0 Å². The second kappa shape index (κ2) is 13.5. The predicted octanol–water partition coefficient (Wildman–Crippen LogP) is 5.20. The molecule has 44 heavy (non-hydrogen) atoms. The fraction of sp³-hybridized carbons (Fsp3) is 0.515. The van der Waals surface area contributed by atoms with Crippen LogP contribution < -0.4 is 9.84 Å². The normalized spacial score (nSPS) is 24.7. The molecule has 0 radical (unpaired) electrons. The first-order chi connectivity index (χ1) is 21.0. The van der Waals surface area contributed by atoms with Crippen molar-refractivity contribution in [2.24, 2.45) is 11.8 Å². The van der Waals surface area contributed by atoms with Crippen LogP contribution in [0.5, 0.6) is 5.75 Å². The van der Waals surface area contributed by atoms with Gasteiger partial charge < -0.3 is 29.0 Å². The van der Waals surface area contributed by atoms with Gasteiger partial charge in [-0.15, -0.1) is 11.3 Å². The Labute approximate surface area is 258 Å². The first-order valence-corrected chi connectivity index (χ1v) is 16.1. The monoisotopic (exact) mass is 633 g/mol. The number of ether oxygens (including phenoxy) is 2. The van der Waals surface area contributed by atoms with Crippen molar-refractivity contribution in [1.82, 2.24) is 0 Å². The van der Waals surface area contributed by atoms with Crippen molar-refractivity contribution in [3.8, 4) is 5.75 Å². The van der Waals surface area contributed by atoms with Gasteiger partial charge in [0.05, 0.1) is 26.2 Å². The summed E-state index contributed by atoms with van der Waals surface area (Å²) in [4.78, 5) is 23.2. The zero-order valence-electron chi connectivity index (χ0n) is 24.5. The summed E-state index contributed by atoms with van der Waals surface area (Å²) < 4.78 is 45.0. The van der Waals surface area contributed by atoms with Gasteiger partial charge in [-0.1, -0.05) is 55.3 Å². The van der Waals surface area contributed by atoms with E-state index in [2.05, 4.69) is 42.5 Å². The SMILES string of the molecule is O=C(O[C@H]1C[N+]2(CCCOc3cccc4ccccc34)CCC1CC2)[C@](O)(c1cccs1)C1CCCC1.O=C([O-])C(F)(F)F. The zero-order valence-corrected chi connectivity index (χ0v) is 25.3. The lowest BCUT2D eigenvalue weighted by atomic mass is 9.82. The maximum atomic E-state index is 13.6. The topological polar surface area (TPSA) is 95.9 Å². The van der Waals surface area contributed by atoms with Gasteiger partial charge >= 0.3 is 12.1 Å². The van der Waals surface area contributed by atoms with Crippen molar-refractivity contribution in [3.63, 3.8) is 0 Å². The van der Waals surface area contributed by atoms with Crippen molar-refractivity contribution in [3.05, 3.63) is 64.9 Å². The molecule has 3 aliphatic heterocycles. The van der Waals surface area contributed by atoms with Crippen LogP contribution >= 0.6 is 11.3 Å². The molecule has 11 heteroatoms. The molecular weight excluding hydrogens is 595 g/mol. The lowest BCUT2D eigenvalue weighted by Crippen LogP contribution is -2.65. The van der Waals surface area contributed by atoms with Crippen LogP contribution in [0.2, 0.25) is 0 Å². The number of piperidine rings is 3. The van der Waals surface area contributed by atoms with Crippen LogP contribution in [0.1, 0.15) is 49.8 Å². The number of hydrogen-bond donors (Lipinski definition) is 1. The third-order valence-corrected chi connectivity index (χ3v) is 10.5. The summed E-state index contributed by atoms with van der Waals surface area (Å²) in [6.07, 6.45) is 1.74. The number of thiophene rings is 1. The number of fused-ring (bicyclic) bond motifs is 4. The summed E-state index contributed by atoms with van der Waals surface area (Å²) in [5.41, 5.74) is -1.51. The van der Waals surface area contributed by atoms with E-state index in [0.717, 1.165) is 91.6 Å². The van der Waals surface area contributed by atoms with E-state index in [4.69, 9.17) is 19.4 Å². The average Bonchev–Trinajstić information content (AvgIpc) is 3.76. The van der Waals surface area contributed by atoms with Gasteiger partial charge in [-0.25, -0.2) is 4.79 Å². The number of benzene rings is 2. The van der Waals surface area contributed by atoms with E-state index >= 15 is 0 Å². The van der Waals surface area contributed by atoms with Gasteiger partial charge in [-0.05, 0) is 35.7 Å². The molecule has 4 heterocycles. The number of carbonyl (C=O) groups excluding carboxylic acids is 2. The molecule has 0 amide bonds. The molecule has 238 valence electrons. The second-order valence-corrected chi connectivity index (χ2v) is 13.1. The van der Waals surface area contributed by atoms with Crippen LogP contribution in [-0.4, -0.2) is 66.6 Å². The molecule has 2 aromatic carbocycles. The van der Waals surface area contributed by atoms with Gasteiger partial charge in [-0.3, -0.25) is 0 Å². The number of halogens is 3. The minimum Gasteiger partial charge on any atom is -0.542 e. The zero-order chi connectivity index (χ0) is 31.4. The number of carboxylic acid groups (broad SMARTS) is 1. The smallest absolute Gasteiger partial charge is 0.430 e. The number of aliphatic hydroxyl groups is 1. The standard InChI is InChI=1S/C31H38NO4S.C2HF3O2/c33-30(31(34,25-10-2-3-11-25)29-14-6-21-37-29)36-28-22-32(18-15-24(28)16-19-32)17-7-20-35-27-13-5-9-23-8-1-4-12-26(23)27;3-2(4,5)1(6)7/h1,4-6,8-9,12-14,21,24-25,28,34H,2-3,7,10-11,15-20,22H2;(H,6,7)/q+1;/p-1/t24?,28-,31+,32?;/m0./s1. The van der Waals surface area contributed by atoms with Gasteiger partial charge in [0.25, 0.3) is 0 Å². The Morgan fingerprint density at radius 1 is 0.977 bits per heavy atom. The molecule has 1 aliphatic carbocycles. The van der Waals surface area contributed by atoms with Gasteiger partial charge in [-0.2, -0.15) is 13.2 Å². The molecule has 7 nitrogen and oxygen atoms in total. The minimum atomic E-state index is -5.19. The van der Waals surface area contributed by atoms with Crippen molar-refractivity contribution >= 4 is 34.0 Å². The molecule has 1 saturated carbocycles. The molecular formula is C33H38F3NO6S. The molecule has 4 fully saturated rings. The van der Waals surface area contributed by atoms with E-state index in [-0.39, 0.29) is 12.0 Å². The number of hydrogen-bond acceptors (Lipinski definition) is 7.